The maximum Gasteiger partial charge on any atom is 0.451 e. The average Bonchev–Trinajstić information content (AvgIpc) is 2.47. The maximum atomic E-state index is 11.1. The fraction of sp³-hybridized carbons (Fsp3) is 0.611. The first-order chi connectivity index (χ1) is 11.7. The van der Waals surface area contributed by atoms with E-state index in [0.717, 1.165) is 36.0 Å². The summed E-state index contributed by atoms with van der Waals surface area (Å²) in [6.45, 7) is 2.01. The molecule has 5 N–H and O–H groups in total. The second-order valence-corrected chi connectivity index (χ2v) is 7.75. The summed E-state index contributed by atoms with van der Waals surface area (Å²) >= 11 is 6.47. The zero-order valence-electron chi connectivity index (χ0n) is 14.7. The molecule has 138 valence electrons. The van der Waals surface area contributed by atoms with Crippen LogP contribution < -0.4 is 5.73 Å². The topological polar surface area (TPSA) is 104 Å². The molecule has 0 saturated heterocycles. The van der Waals surface area contributed by atoms with Crippen LogP contribution in [0.15, 0.2) is 12.1 Å². The highest BCUT2D eigenvalue weighted by Gasteiger charge is 2.36. The lowest BCUT2D eigenvalue weighted by molar-refractivity contribution is -0.138. The Bertz CT molecular complexity index is 619. The van der Waals surface area contributed by atoms with E-state index in [9.17, 15) is 4.79 Å². The van der Waals surface area contributed by atoms with E-state index in [1.807, 2.05) is 19.1 Å². The summed E-state index contributed by atoms with van der Waals surface area (Å²) in [7, 11) is -1.34. The second-order valence-electron chi connectivity index (χ2n) is 7.35. The highest BCUT2D eigenvalue weighted by atomic mass is 35.5. The minimum Gasteiger partial charge on any atom is -0.481 e. The van der Waals surface area contributed by atoms with Crippen molar-refractivity contribution in [3.05, 3.63) is 33.8 Å². The molecule has 1 aliphatic carbocycles. The number of carboxylic acids is 1. The minimum atomic E-state index is -1.34. The summed E-state index contributed by atoms with van der Waals surface area (Å²) in [5, 5.41) is 27.7. The molecule has 2 rings (SSSR count). The van der Waals surface area contributed by atoms with Crippen molar-refractivity contribution >= 4 is 24.7 Å². The summed E-state index contributed by atoms with van der Waals surface area (Å²) in [6.07, 6.45) is 5.12. The number of hydrogen-bond donors (Lipinski definition) is 4. The van der Waals surface area contributed by atoms with Crippen molar-refractivity contribution in [1.82, 2.24) is 0 Å². The van der Waals surface area contributed by atoms with Crippen LogP contribution in [0.3, 0.4) is 0 Å². The van der Waals surface area contributed by atoms with Crippen LogP contribution in [0.5, 0.6) is 0 Å². The minimum absolute atomic E-state index is 0.0567. The first-order valence-corrected chi connectivity index (χ1v) is 9.25. The Hall–Kier alpha value is -1.08. The van der Waals surface area contributed by atoms with Crippen molar-refractivity contribution in [3.63, 3.8) is 0 Å². The lowest BCUT2D eigenvalue weighted by atomic mass is 9.72. The molecule has 0 aliphatic heterocycles. The predicted octanol–water partition coefficient (Wildman–Crippen LogP) is 2.87. The molecule has 7 heteroatoms. The van der Waals surface area contributed by atoms with Gasteiger partial charge in [-0.1, -0.05) is 30.5 Å². The van der Waals surface area contributed by atoms with Crippen LogP contribution in [0.4, 0.5) is 0 Å². The van der Waals surface area contributed by atoms with Gasteiger partial charge in [0.25, 0.3) is 0 Å². The number of aryl methyl sites for hydroxylation is 1. The monoisotopic (exact) mass is 367 g/mol. The van der Waals surface area contributed by atoms with Gasteiger partial charge in [0.15, 0.2) is 0 Å². The first-order valence-electron chi connectivity index (χ1n) is 8.87. The number of nitrogens with two attached hydrogens (primary N) is 1. The van der Waals surface area contributed by atoms with Gasteiger partial charge in [-0.25, -0.2) is 0 Å². The highest BCUT2D eigenvalue weighted by Crippen LogP contribution is 2.42. The molecule has 0 radical (unpaired) electrons. The summed E-state index contributed by atoms with van der Waals surface area (Å²) in [6, 6.07) is 3.97. The highest BCUT2D eigenvalue weighted by molar-refractivity contribution is 6.40. The van der Waals surface area contributed by atoms with E-state index in [1.54, 1.807) is 0 Å². The first kappa shape index (κ1) is 20.2. The largest absolute Gasteiger partial charge is 0.481 e. The van der Waals surface area contributed by atoms with Crippen molar-refractivity contribution < 1.29 is 19.9 Å². The van der Waals surface area contributed by atoms with Crippen molar-refractivity contribution in [2.24, 2.45) is 11.7 Å². The Labute approximate surface area is 154 Å². The third-order valence-corrected chi connectivity index (χ3v) is 5.57. The molecule has 1 atom stereocenters. The second kappa shape index (κ2) is 8.54. The van der Waals surface area contributed by atoms with Gasteiger partial charge in [-0.05, 0) is 67.6 Å². The summed E-state index contributed by atoms with van der Waals surface area (Å²) in [5.74, 6) is -0.905. The van der Waals surface area contributed by atoms with Crippen LogP contribution in [0.25, 0.3) is 0 Å². The zero-order chi connectivity index (χ0) is 18.6. The molecule has 5 nitrogen and oxygen atoms in total. The van der Waals surface area contributed by atoms with Gasteiger partial charge in [-0.2, -0.15) is 0 Å². The zero-order valence-corrected chi connectivity index (χ0v) is 15.4. The smallest absolute Gasteiger partial charge is 0.451 e. The van der Waals surface area contributed by atoms with Gasteiger partial charge in [0.1, 0.15) is 0 Å². The number of halogens is 1. The molecule has 25 heavy (non-hydrogen) atoms. The van der Waals surface area contributed by atoms with Crippen LogP contribution in [-0.4, -0.2) is 28.2 Å². The van der Waals surface area contributed by atoms with Gasteiger partial charge in [0.05, 0.1) is 0 Å². The van der Waals surface area contributed by atoms with E-state index < -0.39 is 13.1 Å². The molecule has 1 fully saturated rings. The van der Waals surface area contributed by atoms with E-state index in [4.69, 9.17) is 32.5 Å². The maximum absolute atomic E-state index is 11.1. The number of benzene rings is 1. The molecule has 0 spiro atoms. The van der Waals surface area contributed by atoms with Crippen LogP contribution in [-0.2, 0) is 16.8 Å². The quantitative estimate of drug-likeness (QED) is 0.502. The van der Waals surface area contributed by atoms with Crippen molar-refractivity contribution in [2.75, 3.05) is 0 Å². The molecule has 0 aromatic heterocycles. The predicted molar refractivity (Wildman–Crippen MR) is 99.6 cm³/mol. The number of carbonyl (C=O) groups is 1. The third kappa shape index (κ3) is 5.45. The van der Waals surface area contributed by atoms with Crippen LogP contribution in [0, 0.1) is 12.8 Å². The normalized spacial score (nSPS) is 17.0. The van der Waals surface area contributed by atoms with Crippen molar-refractivity contribution in [3.8, 4) is 0 Å². The lowest BCUT2D eigenvalue weighted by Gasteiger charge is -2.39. The molecule has 1 aromatic carbocycles. The SMILES string of the molecule is Cc1cc(C2(N)CCC2)c(Cl)cc1CC(CCCB(O)O)CC(=O)O. The third-order valence-electron chi connectivity index (χ3n) is 5.25. The Morgan fingerprint density at radius 2 is 2.08 bits per heavy atom. The lowest BCUT2D eigenvalue weighted by Crippen LogP contribution is -2.43. The van der Waals surface area contributed by atoms with Gasteiger partial charge in [-0.15, -0.1) is 0 Å². The fourth-order valence-corrected chi connectivity index (χ4v) is 3.95. The number of hydrogen-bond acceptors (Lipinski definition) is 4. The summed E-state index contributed by atoms with van der Waals surface area (Å²) in [4.78, 5) is 11.1. The molecule has 1 saturated carbocycles. The Morgan fingerprint density at radius 1 is 1.40 bits per heavy atom. The summed E-state index contributed by atoms with van der Waals surface area (Å²) in [5.41, 5.74) is 9.17. The van der Waals surface area contributed by atoms with Gasteiger partial charge in [0.2, 0.25) is 0 Å². The molecular weight excluding hydrogens is 340 g/mol. The molecule has 0 amide bonds. The molecule has 1 aliphatic rings. The number of rotatable bonds is 9. The molecular formula is C18H27BClNO4. The van der Waals surface area contributed by atoms with Crippen LogP contribution in [0.2, 0.25) is 11.3 Å². The Morgan fingerprint density at radius 3 is 2.60 bits per heavy atom. The standard InChI is InChI=1S/C18H27BClNO4/c1-12-8-15(18(21)5-3-6-18)16(20)11-14(12)9-13(10-17(22)23)4-2-7-19(24)25/h8,11,13,24-25H,2-7,9-10,21H2,1H3,(H,22,23). The van der Waals surface area contributed by atoms with Gasteiger partial charge in [-0.3, -0.25) is 4.79 Å². The van der Waals surface area contributed by atoms with Gasteiger partial charge < -0.3 is 20.9 Å². The Balaban J connectivity index is 2.12. The van der Waals surface area contributed by atoms with Crippen molar-refractivity contribution in [2.45, 2.75) is 63.7 Å². The van der Waals surface area contributed by atoms with Crippen LogP contribution in [0.1, 0.15) is 55.2 Å². The van der Waals surface area contributed by atoms with Crippen LogP contribution >= 0.6 is 11.6 Å². The van der Waals surface area contributed by atoms with E-state index in [-0.39, 0.29) is 24.2 Å². The van der Waals surface area contributed by atoms with E-state index >= 15 is 0 Å². The fourth-order valence-electron chi connectivity index (χ4n) is 3.57. The molecule has 0 bridgehead atoms. The molecule has 1 aromatic rings. The van der Waals surface area contributed by atoms with Crippen molar-refractivity contribution in [1.29, 1.82) is 0 Å². The Kier molecular flexibility index (Phi) is 6.91. The van der Waals surface area contributed by atoms with E-state index in [2.05, 4.69) is 0 Å². The number of aliphatic carboxylic acids is 1. The van der Waals surface area contributed by atoms with Gasteiger partial charge >= 0.3 is 13.1 Å². The average molecular weight is 368 g/mol. The molecule has 1 unspecified atom stereocenters. The van der Waals surface area contributed by atoms with E-state index in [1.165, 1.54) is 0 Å². The van der Waals surface area contributed by atoms with Gasteiger partial charge in [0, 0.05) is 17.0 Å². The number of carboxylic acid groups (broad SMARTS) is 1. The molecule has 0 heterocycles. The van der Waals surface area contributed by atoms with E-state index in [0.29, 0.717) is 24.3 Å². The summed E-state index contributed by atoms with van der Waals surface area (Å²) < 4.78 is 0.